The third-order valence-electron chi connectivity index (χ3n) is 4.97. The van der Waals surface area contributed by atoms with Gasteiger partial charge in [-0.2, -0.15) is 4.98 Å². The molecule has 0 saturated carbocycles. The van der Waals surface area contributed by atoms with E-state index in [1.807, 2.05) is 19.1 Å². The summed E-state index contributed by atoms with van der Waals surface area (Å²) in [6.45, 7) is 3.59. The molecule has 0 unspecified atom stereocenters. The fourth-order valence-electron chi connectivity index (χ4n) is 3.45. The van der Waals surface area contributed by atoms with Crippen LogP contribution in [0.4, 0.5) is 0 Å². The van der Waals surface area contributed by atoms with Gasteiger partial charge in [0.05, 0.1) is 25.4 Å². The second-order valence-electron chi connectivity index (χ2n) is 7.01. The summed E-state index contributed by atoms with van der Waals surface area (Å²) in [6.07, 6.45) is 3.36. The van der Waals surface area contributed by atoms with Crippen molar-refractivity contribution in [2.75, 3.05) is 14.2 Å². The molecule has 1 aromatic carbocycles. The molecule has 0 bridgehead atoms. The van der Waals surface area contributed by atoms with Crippen molar-refractivity contribution in [3.63, 3.8) is 0 Å². The maximum absolute atomic E-state index is 6.62. The van der Waals surface area contributed by atoms with Gasteiger partial charge in [0.15, 0.2) is 11.6 Å². The van der Waals surface area contributed by atoms with Crippen molar-refractivity contribution in [3.05, 3.63) is 47.0 Å². The number of pyridine rings is 1. The minimum atomic E-state index is 0.191. The zero-order valence-electron chi connectivity index (χ0n) is 18.1. The van der Waals surface area contributed by atoms with Gasteiger partial charge < -0.3 is 14.0 Å². The van der Waals surface area contributed by atoms with Crippen LogP contribution in [0.25, 0.3) is 39.8 Å². The number of aromatic nitrogens is 8. The van der Waals surface area contributed by atoms with E-state index in [1.54, 1.807) is 30.0 Å². The molecule has 0 amide bonds. The number of rotatable bonds is 5. The smallest absolute Gasteiger partial charge is 0.296 e. The van der Waals surface area contributed by atoms with Gasteiger partial charge in [-0.15, -0.1) is 10.2 Å². The molecule has 5 aromatic rings. The number of halogens is 1. The fourth-order valence-corrected chi connectivity index (χ4v) is 3.65. The van der Waals surface area contributed by atoms with Gasteiger partial charge in [0, 0.05) is 23.0 Å². The average Bonchev–Trinajstić information content (AvgIpc) is 3.46. The van der Waals surface area contributed by atoms with Crippen molar-refractivity contribution in [2.24, 2.45) is 0 Å². The van der Waals surface area contributed by atoms with Gasteiger partial charge in [-0.3, -0.25) is 9.55 Å². The predicted molar refractivity (Wildman–Crippen MR) is 119 cm³/mol. The van der Waals surface area contributed by atoms with E-state index < -0.39 is 0 Å². The Morgan fingerprint density at radius 1 is 1.00 bits per heavy atom. The molecular weight excluding hydrogens is 448 g/mol. The Hall–Kier alpha value is -4.12. The van der Waals surface area contributed by atoms with E-state index in [-0.39, 0.29) is 17.7 Å². The van der Waals surface area contributed by atoms with E-state index in [9.17, 15) is 0 Å². The van der Waals surface area contributed by atoms with Gasteiger partial charge in [-0.05, 0) is 37.6 Å². The molecule has 4 heterocycles. The number of hydrogen-bond donors (Lipinski definition) is 0. The van der Waals surface area contributed by atoms with E-state index in [0.717, 1.165) is 0 Å². The molecule has 0 fully saturated rings. The molecule has 0 aliphatic carbocycles. The van der Waals surface area contributed by atoms with Crippen LogP contribution in [0.5, 0.6) is 11.8 Å². The van der Waals surface area contributed by atoms with Crippen molar-refractivity contribution >= 4 is 22.6 Å². The Morgan fingerprint density at radius 3 is 2.42 bits per heavy atom. The first-order valence-corrected chi connectivity index (χ1v) is 10.1. The number of nitrogens with zero attached hydrogens (tertiary/aromatic N) is 8. The summed E-state index contributed by atoms with van der Waals surface area (Å²) in [6, 6.07) is 5.39. The largest absolute Gasteiger partial charge is 0.477 e. The third kappa shape index (κ3) is 3.42. The van der Waals surface area contributed by atoms with Crippen LogP contribution in [0.15, 0.2) is 35.1 Å². The zero-order chi connectivity index (χ0) is 23.1. The Balaban J connectivity index is 1.91. The van der Waals surface area contributed by atoms with Gasteiger partial charge >= 0.3 is 0 Å². The van der Waals surface area contributed by atoms with Crippen molar-refractivity contribution in [1.82, 2.24) is 39.9 Å². The van der Waals surface area contributed by atoms with E-state index in [0.29, 0.717) is 50.3 Å². The molecular formula is C21H17ClN8O3. The summed E-state index contributed by atoms with van der Waals surface area (Å²) in [5, 5.41) is 13.1. The van der Waals surface area contributed by atoms with Crippen LogP contribution >= 0.6 is 11.6 Å². The van der Waals surface area contributed by atoms with E-state index >= 15 is 0 Å². The number of benzene rings is 1. The summed E-state index contributed by atoms with van der Waals surface area (Å²) in [7, 11) is 2.98. The molecule has 0 spiro atoms. The van der Waals surface area contributed by atoms with Crippen molar-refractivity contribution in [3.8, 4) is 40.6 Å². The number of aryl methyl sites for hydroxylation is 1. The van der Waals surface area contributed by atoms with Crippen LogP contribution < -0.4 is 9.47 Å². The van der Waals surface area contributed by atoms with E-state index in [4.69, 9.17) is 25.6 Å². The van der Waals surface area contributed by atoms with Crippen molar-refractivity contribution in [1.29, 1.82) is 0 Å². The summed E-state index contributed by atoms with van der Waals surface area (Å²) in [5.41, 5.74) is 3.01. The maximum atomic E-state index is 6.62. The van der Waals surface area contributed by atoms with Gasteiger partial charge in [-0.25, -0.2) is 9.97 Å². The average molecular weight is 465 g/mol. The van der Waals surface area contributed by atoms with Crippen LogP contribution in [0.2, 0.25) is 5.02 Å². The molecule has 0 radical (unpaired) electrons. The van der Waals surface area contributed by atoms with Crippen LogP contribution in [0.1, 0.15) is 11.4 Å². The lowest BCUT2D eigenvalue weighted by Gasteiger charge is -2.16. The summed E-state index contributed by atoms with van der Waals surface area (Å²) in [4.78, 5) is 17.8. The molecule has 0 saturated heterocycles. The Labute approximate surface area is 192 Å². The van der Waals surface area contributed by atoms with Crippen LogP contribution in [0, 0.1) is 13.8 Å². The lowest BCUT2D eigenvalue weighted by atomic mass is 10.1. The van der Waals surface area contributed by atoms with Gasteiger partial charge in [0.25, 0.3) is 17.7 Å². The second kappa shape index (κ2) is 8.10. The first kappa shape index (κ1) is 20.8. The first-order chi connectivity index (χ1) is 16.0. The highest BCUT2D eigenvalue weighted by atomic mass is 35.5. The number of ether oxygens (including phenoxy) is 2. The van der Waals surface area contributed by atoms with E-state index in [2.05, 4.69) is 35.3 Å². The fraction of sp³-hybridized carbons (Fsp3) is 0.190. The highest BCUT2D eigenvalue weighted by molar-refractivity contribution is 6.32. The van der Waals surface area contributed by atoms with E-state index in [1.165, 1.54) is 14.2 Å². The highest BCUT2D eigenvalue weighted by Crippen LogP contribution is 2.37. The monoisotopic (exact) mass is 464 g/mol. The van der Waals surface area contributed by atoms with Gasteiger partial charge in [0.2, 0.25) is 5.82 Å². The maximum Gasteiger partial charge on any atom is 0.296 e. The summed E-state index contributed by atoms with van der Waals surface area (Å²) in [5.74, 6) is 1.91. The SMILES string of the molecule is COc1nc2cc(Cl)c(C)c(-n3c(-c4cccnc4)nnc3-c3nc(C)no3)c2nc1OC. The topological polar surface area (TPSA) is 127 Å². The molecule has 5 rings (SSSR count). The Morgan fingerprint density at radius 2 is 1.76 bits per heavy atom. The number of fused-ring (bicyclic) bond motifs is 1. The molecule has 11 nitrogen and oxygen atoms in total. The van der Waals surface area contributed by atoms with Crippen molar-refractivity contribution in [2.45, 2.75) is 13.8 Å². The Kier molecular flexibility index (Phi) is 5.09. The second-order valence-corrected chi connectivity index (χ2v) is 7.42. The van der Waals surface area contributed by atoms with Crippen LogP contribution in [-0.2, 0) is 0 Å². The molecule has 166 valence electrons. The van der Waals surface area contributed by atoms with Gasteiger partial charge in [-0.1, -0.05) is 16.8 Å². The molecule has 0 aliphatic heterocycles. The molecule has 0 aliphatic rings. The standard InChI is InChI=1S/C21H17ClN8O3/c1-10-13(22)8-14-15(26-21(32-4)20(25-14)31-3)16(10)30-17(12-6-5-7-23-9-12)27-28-18(30)19-24-11(2)29-33-19/h5-9H,1-4H3. The third-order valence-corrected chi connectivity index (χ3v) is 5.37. The highest BCUT2D eigenvalue weighted by Gasteiger charge is 2.26. The molecule has 33 heavy (non-hydrogen) atoms. The summed E-state index contributed by atoms with van der Waals surface area (Å²) >= 11 is 6.62. The van der Waals surface area contributed by atoms with Crippen LogP contribution in [0.3, 0.4) is 0 Å². The first-order valence-electron chi connectivity index (χ1n) is 9.77. The lowest BCUT2D eigenvalue weighted by molar-refractivity contribution is 0.334. The minimum absolute atomic E-state index is 0.191. The van der Waals surface area contributed by atoms with Crippen LogP contribution in [-0.4, -0.2) is 54.1 Å². The predicted octanol–water partition coefficient (Wildman–Crippen LogP) is 3.61. The van der Waals surface area contributed by atoms with Gasteiger partial charge in [0.1, 0.15) is 5.52 Å². The molecule has 12 heteroatoms. The number of methoxy groups -OCH3 is 2. The van der Waals surface area contributed by atoms with Crippen molar-refractivity contribution < 1.29 is 14.0 Å². The normalized spacial score (nSPS) is 11.2. The number of hydrogen-bond acceptors (Lipinski definition) is 10. The summed E-state index contributed by atoms with van der Waals surface area (Å²) < 4.78 is 17.9. The molecule has 0 atom stereocenters. The molecule has 0 N–H and O–H groups in total. The lowest BCUT2D eigenvalue weighted by Crippen LogP contribution is -2.07. The zero-order valence-corrected chi connectivity index (χ0v) is 18.8. The minimum Gasteiger partial charge on any atom is -0.477 e. The Bertz CT molecular complexity index is 1480. The quantitative estimate of drug-likeness (QED) is 0.380. The molecule has 4 aromatic heterocycles.